The minimum Gasteiger partial charge on any atom is -0.439 e. The Balaban J connectivity index is 3.17. The second kappa shape index (κ2) is 7.19. The first-order valence-corrected chi connectivity index (χ1v) is 6.79. The molecule has 0 radical (unpaired) electrons. The summed E-state index contributed by atoms with van der Waals surface area (Å²) in [7, 11) is 0. The zero-order valence-electron chi connectivity index (χ0n) is 10.1. The molecule has 0 spiro atoms. The number of hydrogen-bond acceptors (Lipinski definition) is 6. The highest BCUT2D eigenvalue weighted by atomic mass is 127. The Bertz CT molecular complexity index is 657. The largest absolute Gasteiger partial charge is 0.439 e. The van der Waals surface area contributed by atoms with Crippen molar-refractivity contribution in [2.75, 3.05) is 0 Å². The summed E-state index contributed by atoms with van der Waals surface area (Å²) in [6, 6.07) is 1.70. The molecule has 0 aliphatic heterocycles. The second-order valence-corrected chi connectivity index (χ2v) is 5.11. The summed E-state index contributed by atoms with van der Waals surface area (Å²) >= 11 is 7.46. The molecule has 8 nitrogen and oxygen atoms in total. The van der Waals surface area contributed by atoms with Crippen LogP contribution in [0, 0.1) is 32.6 Å². The molecule has 10 heteroatoms. The van der Waals surface area contributed by atoms with Crippen molar-refractivity contribution >= 4 is 51.5 Å². The zero-order chi connectivity index (χ0) is 16.2. The van der Waals surface area contributed by atoms with E-state index in [9.17, 15) is 25.0 Å². The van der Waals surface area contributed by atoms with Gasteiger partial charge in [-0.15, -0.1) is 6.42 Å². The molecule has 0 saturated carbocycles. The highest BCUT2D eigenvalue weighted by molar-refractivity contribution is 14.1. The van der Waals surface area contributed by atoms with Crippen molar-refractivity contribution in [1.29, 1.82) is 0 Å². The number of nitrogens with zero attached hydrogens (tertiary/aromatic N) is 2. The summed E-state index contributed by atoms with van der Waals surface area (Å²) in [5.41, 5.74) is -1.28. The summed E-state index contributed by atoms with van der Waals surface area (Å²) < 4.78 is 3.96. The Morgan fingerprint density at radius 1 is 1.43 bits per heavy atom. The molecule has 0 aliphatic carbocycles. The van der Waals surface area contributed by atoms with E-state index in [0.29, 0.717) is 0 Å². The van der Waals surface area contributed by atoms with E-state index >= 15 is 0 Å². The molecule has 1 unspecified atom stereocenters. The van der Waals surface area contributed by atoms with Gasteiger partial charge in [0.25, 0.3) is 11.4 Å². The Kier molecular flexibility index (Phi) is 5.86. The van der Waals surface area contributed by atoms with Crippen LogP contribution in [-0.4, -0.2) is 19.9 Å². The number of carbonyl (C=O) groups is 1. The van der Waals surface area contributed by atoms with Crippen molar-refractivity contribution in [3.8, 4) is 12.3 Å². The van der Waals surface area contributed by atoms with Gasteiger partial charge >= 0.3 is 5.97 Å². The lowest BCUT2D eigenvalue weighted by Crippen LogP contribution is -2.13. The van der Waals surface area contributed by atoms with Crippen LogP contribution in [0.25, 0.3) is 0 Å². The van der Waals surface area contributed by atoms with E-state index in [0.717, 1.165) is 12.1 Å². The Morgan fingerprint density at radius 2 is 2.05 bits per heavy atom. The van der Waals surface area contributed by atoms with Crippen LogP contribution in [-0.2, 0) is 16.0 Å². The topological polar surface area (TPSA) is 113 Å². The van der Waals surface area contributed by atoms with Crippen molar-refractivity contribution in [3.05, 3.63) is 42.9 Å². The smallest absolute Gasteiger partial charge is 0.312 e. The van der Waals surface area contributed by atoms with Gasteiger partial charge in [-0.3, -0.25) is 25.0 Å². The third-order valence-electron chi connectivity index (χ3n) is 2.22. The maximum absolute atomic E-state index is 11.6. The molecule has 0 heterocycles. The molecule has 110 valence electrons. The number of alkyl halides is 1. The fraction of sp³-hybridized carbons (Fsp3) is 0.182. The summed E-state index contributed by atoms with van der Waals surface area (Å²) in [5.74, 6) is 1.35. The van der Waals surface area contributed by atoms with Crippen LogP contribution in [0.15, 0.2) is 12.1 Å². The standard InChI is InChI=1S/C11H6ClIN2O6/c1-2-9(13)21-10(16)4-6-3-7(14(17)18)5-8(11(6)12)15(19)20/h1,3,5,9H,4H2. The monoisotopic (exact) mass is 424 g/mol. The van der Waals surface area contributed by atoms with Gasteiger partial charge in [0.1, 0.15) is 5.02 Å². The fourth-order valence-electron chi connectivity index (χ4n) is 1.36. The molecule has 21 heavy (non-hydrogen) atoms. The molecule has 0 N–H and O–H groups in total. The molecule has 1 aromatic carbocycles. The van der Waals surface area contributed by atoms with Gasteiger partial charge in [0.05, 0.1) is 22.3 Å². The van der Waals surface area contributed by atoms with Crippen LogP contribution in [0.4, 0.5) is 11.4 Å². The molecule has 1 aromatic rings. The normalized spacial score (nSPS) is 11.3. The van der Waals surface area contributed by atoms with Crippen molar-refractivity contribution < 1.29 is 19.4 Å². The van der Waals surface area contributed by atoms with Crippen molar-refractivity contribution in [2.24, 2.45) is 0 Å². The van der Waals surface area contributed by atoms with E-state index in [4.69, 9.17) is 22.8 Å². The first-order valence-electron chi connectivity index (χ1n) is 5.17. The quantitative estimate of drug-likeness (QED) is 0.179. The summed E-state index contributed by atoms with van der Waals surface area (Å²) in [5, 5.41) is 21.2. The lowest BCUT2D eigenvalue weighted by Gasteiger charge is -2.07. The molecule has 1 rings (SSSR count). The second-order valence-electron chi connectivity index (χ2n) is 3.60. The zero-order valence-corrected chi connectivity index (χ0v) is 13.0. The maximum Gasteiger partial charge on any atom is 0.312 e. The Hall–Kier alpha value is -1.93. The number of rotatable bonds is 5. The average molecular weight is 425 g/mol. The van der Waals surface area contributed by atoms with E-state index in [1.807, 2.05) is 0 Å². The predicted molar refractivity (Wildman–Crippen MR) is 81.2 cm³/mol. The van der Waals surface area contributed by atoms with Gasteiger partial charge in [-0.2, -0.15) is 0 Å². The van der Waals surface area contributed by atoms with E-state index < -0.39 is 37.7 Å². The minimum atomic E-state index is -0.868. The van der Waals surface area contributed by atoms with E-state index in [2.05, 4.69) is 5.92 Å². The number of carbonyl (C=O) groups excluding carboxylic acids is 1. The number of halogens is 2. The van der Waals surface area contributed by atoms with Crippen molar-refractivity contribution in [1.82, 2.24) is 0 Å². The molecule has 0 aliphatic rings. The maximum atomic E-state index is 11.6. The van der Waals surface area contributed by atoms with Crippen LogP contribution >= 0.6 is 34.2 Å². The third-order valence-corrected chi connectivity index (χ3v) is 3.27. The molecular weight excluding hydrogens is 418 g/mol. The van der Waals surface area contributed by atoms with Crippen LogP contribution in [0.2, 0.25) is 5.02 Å². The summed E-state index contributed by atoms with van der Waals surface area (Å²) in [6.45, 7) is 0. The molecule has 0 saturated heterocycles. The average Bonchev–Trinajstić information content (AvgIpc) is 2.40. The van der Waals surface area contributed by atoms with Crippen LogP contribution < -0.4 is 0 Å². The fourth-order valence-corrected chi connectivity index (χ4v) is 1.89. The van der Waals surface area contributed by atoms with E-state index in [1.165, 1.54) is 0 Å². The number of nitro benzene ring substituents is 2. The van der Waals surface area contributed by atoms with E-state index in [-0.39, 0.29) is 10.6 Å². The number of benzene rings is 1. The van der Waals surface area contributed by atoms with Gasteiger partial charge in [-0.1, -0.05) is 17.5 Å². The molecule has 0 bridgehead atoms. The minimum absolute atomic E-state index is 0.0804. The van der Waals surface area contributed by atoms with Crippen molar-refractivity contribution in [2.45, 2.75) is 10.5 Å². The first-order chi connectivity index (χ1) is 9.76. The molecular formula is C11H6ClIN2O6. The van der Waals surface area contributed by atoms with E-state index in [1.54, 1.807) is 22.6 Å². The lowest BCUT2D eigenvalue weighted by atomic mass is 10.1. The molecule has 0 aromatic heterocycles. The summed E-state index contributed by atoms with van der Waals surface area (Å²) in [4.78, 5) is 31.4. The summed E-state index contributed by atoms with van der Waals surface area (Å²) in [6.07, 6.45) is 4.56. The van der Waals surface area contributed by atoms with Gasteiger partial charge < -0.3 is 4.74 Å². The lowest BCUT2D eigenvalue weighted by molar-refractivity contribution is -0.394. The van der Waals surface area contributed by atoms with Gasteiger partial charge in [0, 0.05) is 6.07 Å². The molecule has 1 atom stereocenters. The highest BCUT2D eigenvalue weighted by Gasteiger charge is 2.24. The number of terminal acetylenes is 1. The Morgan fingerprint density at radius 3 is 2.52 bits per heavy atom. The molecule has 0 amide bonds. The van der Waals surface area contributed by atoms with Gasteiger partial charge in [-0.05, 0) is 28.2 Å². The van der Waals surface area contributed by atoms with Crippen LogP contribution in [0.1, 0.15) is 5.56 Å². The van der Waals surface area contributed by atoms with Gasteiger partial charge in [-0.25, -0.2) is 0 Å². The predicted octanol–water partition coefficient (Wildman–Crippen LogP) is 2.64. The first kappa shape index (κ1) is 17.1. The van der Waals surface area contributed by atoms with Gasteiger partial charge in [0.2, 0.25) is 4.11 Å². The number of non-ortho nitro benzene ring substituents is 1. The van der Waals surface area contributed by atoms with Crippen LogP contribution in [0.3, 0.4) is 0 Å². The number of ether oxygens (including phenoxy) is 1. The number of nitro groups is 2. The van der Waals surface area contributed by atoms with Crippen molar-refractivity contribution in [3.63, 3.8) is 0 Å². The number of hydrogen-bond donors (Lipinski definition) is 0. The highest BCUT2D eigenvalue weighted by Crippen LogP contribution is 2.33. The Labute approximate surface area is 136 Å². The third kappa shape index (κ3) is 4.54. The molecule has 0 fully saturated rings. The SMILES string of the molecule is C#CC(I)OC(=O)Cc1cc([N+](=O)[O-])cc([N+](=O)[O-])c1Cl. The number of esters is 1. The van der Waals surface area contributed by atoms with Crippen LogP contribution in [0.5, 0.6) is 0 Å². The van der Waals surface area contributed by atoms with Gasteiger partial charge in [0.15, 0.2) is 0 Å².